The first kappa shape index (κ1) is 26.8. The van der Waals surface area contributed by atoms with Gasteiger partial charge in [-0.25, -0.2) is 18.7 Å². The topological polar surface area (TPSA) is 126 Å². The molecule has 1 N–H and O–H groups in total. The molecule has 3 aromatic rings. The van der Waals surface area contributed by atoms with Crippen molar-refractivity contribution < 1.29 is 28.4 Å². The van der Waals surface area contributed by atoms with Gasteiger partial charge in [0, 0.05) is 24.1 Å². The number of benzene rings is 2. The number of halogens is 1. The van der Waals surface area contributed by atoms with Gasteiger partial charge in [-0.3, -0.25) is 15.4 Å². The average molecular weight is 525 g/mol. The van der Waals surface area contributed by atoms with E-state index in [1.54, 1.807) is 10.7 Å². The molecule has 0 aliphatic heterocycles. The summed E-state index contributed by atoms with van der Waals surface area (Å²) in [5.41, 5.74) is 0.865. The summed E-state index contributed by atoms with van der Waals surface area (Å²) in [6, 6.07) is 15.9. The van der Waals surface area contributed by atoms with Gasteiger partial charge < -0.3 is 9.47 Å². The second-order valence-corrected chi connectivity index (χ2v) is 10.2. The van der Waals surface area contributed by atoms with Gasteiger partial charge in [-0.05, 0) is 51.3 Å². The van der Waals surface area contributed by atoms with Crippen LogP contribution in [0.25, 0.3) is 0 Å². The van der Waals surface area contributed by atoms with E-state index in [0.29, 0.717) is 11.5 Å². The van der Waals surface area contributed by atoms with Gasteiger partial charge in [-0.2, -0.15) is 5.10 Å². The third-order valence-electron chi connectivity index (χ3n) is 6.23. The minimum Gasteiger partial charge on any atom is -0.456 e. The first-order valence-electron chi connectivity index (χ1n) is 12.2. The van der Waals surface area contributed by atoms with Crippen LogP contribution in [0.2, 0.25) is 0 Å². The molecule has 1 saturated carbocycles. The highest BCUT2D eigenvalue weighted by atomic mass is 19.1. The summed E-state index contributed by atoms with van der Waals surface area (Å²) in [6.07, 6.45) is -2.74. The van der Waals surface area contributed by atoms with Crippen LogP contribution >= 0.6 is 0 Å². The number of nitrogens with one attached hydrogen (secondary N) is 1. The number of anilines is 1. The molecule has 1 amide bonds. The lowest BCUT2D eigenvalue weighted by Crippen LogP contribution is -2.27. The summed E-state index contributed by atoms with van der Waals surface area (Å²) in [7, 11) is 0. The number of rotatable bonds is 7. The van der Waals surface area contributed by atoms with E-state index in [0.717, 1.165) is 5.56 Å². The normalized spacial score (nSPS) is 19.1. The number of amides is 1. The Labute approximate surface area is 218 Å². The molecule has 1 aliphatic rings. The van der Waals surface area contributed by atoms with Crippen molar-refractivity contribution in [1.29, 1.82) is 0 Å². The van der Waals surface area contributed by atoms with Crippen LogP contribution in [0.3, 0.4) is 0 Å². The number of aromatic nitrogens is 2. The van der Waals surface area contributed by atoms with Gasteiger partial charge in [0.25, 0.3) is 5.69 Å². The molecule has 1 aromatic heterocycles. The third kappa shape index (κ3) is 6.34. The maximum atomic E-state index is 14.9. The van der Waals surface area contributed by atoms with Crippen LogP contribution in [-0.2, 0) is 21.6 Å². The van der Waals surface area contributed by atoms with Gasteiger partial charge in [-0.15, -0.1) is 0 Å². The Balaban J connectivity index is 1.43. The average Bonchev–Trinajstić information content (AvgIpc) is 3.47. The van der Waals surface area contributed by atoms with Crippen molar-refractivity contribution in [3.63, 3.8) is 0 Å². The number of esters is 1. The number of hydrogen-bond acceptors (Lipinski definition) is 7. The molecular weight excluding hydrogens is 495 g/mol. The van der Waals surface area contributed by atoms with Crippen LogP contribution in [-0.4, -0.2) is 39.0 Å². The van der Waals surface area contributed by atoms with Gasteiger partial charge in [0.15, 0.2) is 0 Å². The van der Waals surface area contributed by atoms with Crippen molar-refractivity contribution in [2.45, 2.75) is 64.0 Å². The minimum atomic E-state index is -1.41. The number of nitrogens with zero attached hydrogens (tertiary/aromatic N) is 3. The van der Waals surface area contributed by atoms with Crippen molar-refractivity contribution in [2.24, 2.45) is 0 Å². The molecule has 0 bridgehead atoms. The zero-order chi connectivity index (χ0) is 27.4. The molecule has 0 saturated heterocycles. The molecule has 11 heteroatoms. The molecule has 0 unspecified atom stereocenters. The molecule has 1 aliphatic carbocycles. The number of nitro groups is 1. The Bertz CT molecular complexity index is 1300. The molecule has 38 heavy (non-hydrogen) atoms. The van der Waals surface area contributed by atoms with Crippen LogP contribution in [0.1, 0.15) is 61.1 Å². The first-order chi connectivity index (χ1) is 18.0. The molecule has 0 spiro atoms. The van der Waals surface area contributed by atoms with Crippen LogP contribution in [0.5, 0.6) is 0 Å². The molecule has 4 rings (SSSR count). The number of hydrogen-bond donors (Lipinski definition) is 1. The standard InChI is InChI=1S/C27H29FN4O6/c1-27(2,3)31-24(29-26(34)37-16-17-7-5-4-6-8-17)15-22(30-31)19-13-21(28)23(14-19)38-25(33)18-9-11-20(12-10-18)32(35)36/h4-12,15,19,21,23H,13-14,16H2,1-3H3,(H,29,34)/t19-,21+,23-/m0/s1. The second kappa shape index (κ2) is 11.0. The summed E-state index contributed by atoms with van der Waals surface area (Å²) in [5.74, 6) is -0.687. The van der Waals surface area contributed by atoms with Crippen LogP contribution in [0.4, 0.5) is 20.7 Å². The lowest BCUT2D eigenvalue weighted by atomic mass is 10.0. The Morgan fingerprint density at radius 2 is 1.82 bits per heavy atom. The largest absolute Gasteiger partial charge is 0.456 e. The van der Waals surface area contributed by atoms with Crippen molar-refractivity contribution in [2.75, 3.05) is 5.32 Å². The fourth-order valence-electron chi connectivity index (χ4n) is 4.30. The summed E-state index contributed by atoms with van der Waals surface area (Å²) in [6.45, 7) is 5.88. The quantitative estimate of drug-likeness (QED) is 0.237. The molecule has 1 fully saturated rings. The molecule has 2 aromatic carbocycles. The zero-order valence-electron chi connectivity index (χ0n) is 21.3. The highest BCUT2D eigenvalue weighted by Gasteiger charge is 2.40. The fourth-order valence-corrected chi connectivity index (χ4v) is 4.30. The van der Waals surface area contributed by atoms with Gasteiger partial charge in [0.1, 0.15) is 24.7 Å². The summed E-state index contributed by atoms with van der Waals surface area (Å²) < 4.78 is 27.3. The van der Waals surface area contributed by atoms with Crippen LogP contribution in [0, 0.1) is 10.1 Å². The van der Waals surface area contributed by atoms with E-state index in [-0.39, 0.29) is 36.6 Å². The molecular formula is C27H29FN4O6. The van der Waals surface area contributed by atoms with Gasteiger partial charge in [-0.1, -0.05) is 30.3 Å². The molecule has 0 radical (unpaired) electrons. The van der Waals surface area contributed by atoms with Gasteiger partial charge >= 0.3 is 12.1 Å². The lowest BCUT2D eigenvalue weighted by Gasteiger charge is -2.22. The maximum absolute atomic E-state index is 14.9. The summed E-state index contributed by atoms with van der Waals surface area (Å²) in [5, 5.41) is 18.2. The van der Waals surface area contributed by atoms with E-state index in [4.69, 9.17) is 9.47 Å². The third-order valence-corrected chi connectivity index (χ3v) is 6.23. The molecule has 1 heterocycles. The lowest BCUT2D eigenvalue weighted by molar-refractivity contribution is -0.384. The highest BCUT2D eigenvalue weighted by Crippen LogP contribution is 2.39. The number of alkyl halides is 1. The van der Waals surface area contributed by atoms with E-state index in [1.807, 2.05) is 51.1 Å². The number of non-ortho nitro benzene ring substituents is 1. The number of carbonyl (C=O) groups is 2. The number of ether oxygens (including phenoxy) is 2. The van der Waals surface area contributed by atoms with Crippen LogP contribution in [0.15, 0.2) is 60.7 Å². The highest BCUT2D eigenvalue weighted by molar-refractivity contribution is 5.89. The maximum Gasteiger partial charge on any atom is 0.413 e. The second-order valence-electron chi connectivity index (χ2n) is 10.2. The Kier molecular flexibility index (Phi) is 7.75. The predicted octanol–water partition coefficient (Wildman–Crippen LogP) is 5.74. The first-order valence-corrected chi connectivity index (χ1v) is 12.2. The van der Waals surface area contributed by atoms with Crippen LogP contribution < -0.4 is 5.32 Å². The van der Waals surface area contributed by atoms with Gasteiger partial charge in [0.05, 0.1) is 21.7 Å². The molecule has 3 atom stereocenters. The Hall–Kier alpha value is -4.28. The molecule has 10 nitrogen and oxygen atoms in total. The predicted molar refractivity (Wildman–Crippen MR) is 137 cm³/mol. The van der Waals surface area contributed by atoms with E-state index in [1.165, 1.54) is 24.3 Å². The SMILES string of the molecule is CC(C)(C)n1nc([C@H]2C[C@@H](F)[C@@H](OC(=O)c3ccc([N+](=O)[O-])cc3)C2)cc1NC(=O)OCc1ccccc1. The van der Waals surface area contributed by atoms with E-state index >= 15 is 0 Å². The number of carbonyl (C=O) groups excluding carboxylic acids is 2. The molecule has 200 valence electrons. The smallest absolute Gasteiger partial charge is 0.413 e. The van der Waals surface area contributed by atoms with E-state index in [2.05, 4.69) is 10.4 Å². The van der Waals surface area contributed by atoms with Crippen molar-refractivity contribution in [1.82, 2.24) is 9.78 Å². The van der Waals surface area contributed by atoms with Crippen molar-refractivity contribution in [3.8, 4) is 0 Å². The Morgan fingerprint density at radius 3 is 2.45 bits per heavy atom. The van der Waals surface area contributed by atoms with Gasteiger partial charge in [0.2, 0.25) is 0 Å². The fraction of sp³-hybridized carbons (Fsp3) is 0.370. The van der Waals surface area contributed by atoms with E-state index in [9.17, 15) is 24.1 Å². The number of nitro benzene ring substituents is 1. The zero-order valence-corrected chi connectivity index (χ0v) is 21.3. The van der Waals surface area contributed by atoms with Crippen molar-refractivity contribution in [3.05, 3.63) is 87.6 Å². The summed E-state index contributed by atoms with van der Waals surface area (Å²) in [4.78, 5) is 35.2. The Morgan fingerprint density at radius 1 is 1.13 bits per heavy atom. The minimum absolute atomic E-state index is 0.0945. The monoisotopic (exact) mass is 524 g/mol. The van der Waals surface area contributed by atoms with E-state index < -0.39 is 34.8 Å². The summed E-state index contributed by atoms with van der Waals surface area (Å²) >= 11 is 0. The van der Waals surface area contributed by atoms with Crippen molar-refractivity contribution >= 4 is 23.6 Å².